The van der Waals surface area contributed by atoms with Crippen LogP contribution >= 0.6 is 0 Å². The van der Waals surface area contributed by atoms with E-state index in [0.29, 0.717) is 24.7 Å². The molecule has 4 nitrogen and oxygen atoms in total. The normalized spacial score (nSPS) is 38.3. The van der Waals surface area contributed by atoms with Crippen molar-refractivity contribution in [1.29, 1.82) is 0 Å². The largest absolute Gasteiger partial charge is 0.391 e. The van der Waals surface area contributed by atoms with Crippen LogP contribution in [0.1, 0.15) is 40.0 Å². The van der Waals surface area contributed by atoms with Gasteiger partial charge in [0, 0.05) is 0 Å². The van der Waals surface area contributed by atoms with Crippen LogP contribution in [0.25, 0.3) is 0 Å². The zero-order valence-corrected chi connectivity index (χ0v) is 10.3. The summed E-state index contributed by atoms with van der Waals surface area (Å²) in [7, 11) is -4.17. The lowest BCUT2D eigenvalue weighted by atomic mass is 9.75. The van der Waals surface area contributed by atoms with Crippen LogP contribution in [0.3, 0.4) is 0 Å². The molecule has 0 heterocycles. The lowest BCUT2D eigenvalue weighted by molar-refractivity contribution is 0.0505. The molecule has 0 amide bonds. The van der Waals surface area contributed by atoms with E-state index in [9.17, 15) is 13.5 Å². The molecule has 3 atom stereocenters. The second-order valence-electron chi connectivity index (χ2n) is 5.08. The molecule has 5 heteroatoms. The van der Waals surface area contributed by atoms with E-state index in [1.54, 1.807) is 0 Å². The highest BCUT2D eigenvalue weighted by molar-refractivity contribution is 7.87. The van der Waals surface area contributed by atoms with Gasteiger partial charge in [0.25, 0.3) is 10.1 Å². The highest BCUT2D eigenvalue weighted by Crippen LogP contribution is 2.39. The van der Waals surface area contributed by atoms with Gasteiger partial charge < -0.3 is 5.11 Å². The van der Waals surface area contributed by atoms with E-state index in [4.69, 9.17) is 4.55 Å². The van der Waals surface area contributed by atoms with Crippen LogP contribution in [0.2, 0.25) is 0 Å². The molecule has 0 bridgehead atoms. The van der Waals surface area contributed by atoms with E-state index in [1.165, 1.54) is 6.92 Å². The van der Waals surface area contributed by atoms with Gasteiger partial charge in [0.2, 0.25) is 0 Å². The maximum atomic E-state index is 11.2. The summed E-state index contributed by atoms with van der Waals surface area (Å²) in [4.78, 5) is 0. The topological polar surface area (TPSA) is 74.6 Å². The molecular weight excluding hydrogens is 216 g/mol. The van der Waals surface area contributed by atoms with Gasteiger partial charge in [-0.2, -0.15) is 8.42 Å². The van der Waals surface area contributed by atoms with Crippen molar-refractivity contribution in [1.82, 2.24) is 0 Å². The molecule has 90 valence electrons. The van der Waals surface area contributed by atoms with Crippen molar-refractivity contribution in [2.24, 2.45) is 11.8 Å². The number of rotatable bonds is 2. The summed E-state index contributed by atoms with van der Waals surface area (Å²) < 4.78 is 30.1. The SMILES string of the molecule is CC(C)[C@@H]1CC[C@](C)(S(=O)(=O)O)[C@@H](O)C1. The van der Waals surface area contributed by atoms with E-state index in [-0.39, 0.29) is 0 Å². The van der Waals surface area contributed by atoms with E-state index >= 15 is 0 Å². The fraction of sp³-hybridized carbons (Fsp3) is 1.00. The summed E-state index contributed by atoms with van der Waals surface area (Å²) in [6.07, 6.45) is 0.558. The Balaban J connectivity index is 2.85. The molecule has 0 aromatic carbocycles. The second kappa shape index (κ2) is 4.03. The first-order chi connectivity index (χ1) is 6.68. The molecule has 1 aliphatic rings. The van der Waals surface area contributed by atoms with Gasteiger partial charge in [-0.15, -0.1) is 0 Å². The lowest BCUT2D eigenvalue weighted by Crippen LogP contribution is -2.50. The van der Waals surface area contributed by atoms with Gasteiger partial charge >= 0.3 is 0 Å². The molecular formula is C10H20O4S. The van der Waals surface area contributed by atoms with Crippen LogP contribution in [0.5, 0.6) is 0 Å². The van der Waals surface area contributed by atoms with Gasteiger partial charge in [0.1, 0.15) is 4.75 Å². The first-order valence-corrected chi connectivity index (χ1v) is 6.77. The molecule has 0 saturated heterocycles. The summed E-state index contributed by atoms with van der Waals surface area (Å²) in [5.74, 6) is 0.778. The monoisotopic (exact) mass is 236 g/mol. The Labute approximate surface area is 91.4 Å². The van der Waals surface area contributed by atoms with Crippen molar-refractivity contribution in [3.05, 3.63) is 0 Å². The van der Waals surface area contributed by atoms with E-state index in [2.05, 4.69) is 13.8 Å². The van der Waals surface area contributed by atoms with Crippen molar-refractivity contribution in [2.45, 2.75) is 50.9 Å². The number of aliphatic hydroxyl groups is 1. The maximum Gasteiger partial charge on any atom is 0.272 e. The lowest BCUT2D eigenvalue weighted by Gasteiger charge is -2.40. The fourth-order valence-electron chi connectivity index (χ4n) is 2.20. The van der Waals surface area contributed by atoms with E-state index in [1.807, 2.05) is 0 Å². The molecule has 1 rings (SSSR count). The second-order valence-corrected chi connectivity index (χ2v) is 6.96. The molecule has 0 unspecified atom stereocenters. The molecule has 1 saturated carbocycles. The molecule has 0 spiro atoms. The van der Waals surface area contributed by atoms with E-state index < -0.39 is 21.0 Å². The quantitative estimate of drug-likeness (QED) is 0.712. The van der Waals surface area contributed by atoms with Crippen molar-refractivity contribution in [3.8, 4) is 0 Å². The van der Waals surface area contributed by atoms with E-state index in [0.717, 1.165) is 6.42 Å². The van der Waals surface area contributed by atoms with Crippen LogP contribution in [0, 0.1) is 11.8 Å². The fourth-order valence-corrected chi connectivity index (χ4v) is 3.01. The first kappa shape index (κ1) is 12.9. The molecule has 1 fully saturated rings. The average Bonchev–Trinajstić information content (AvgIpc) is 2.07. The van der Waals surface area contributed by atoms with Gasteiger partial charge in [0.05, 0.1) is 6.10 Å². The summed E-state index contributed by atoms with van der Waals surface area (Å²) in [6, 6.07) is 0. The molecule has 1 aliphatic carbocycles. The Morgan fingerprint density at radius 2 is 1.93 bits per heavy atom. The predicted octanol–water partition coefficient (Wildman–Crippen LogP) is 1.45. The van der Waals surface area contributed by atoms with Crippen LogP contribution in [0.15, 0.2) is 0 Å². The van der Waals surface area contributed by atoms with Gasteiger partial charge in [-0.25, -0.2) is 0 Å². The third-order valence-electron chi connectivity index (χ3n) is 3.77. The van der Waals surface area contributed by atoms with Gasteiger partial charge in [0.15, 0.2) is 0 Å². The molecule has 15 heavy (non-hydrogen) atoms. The maximum absolute atomic E-state index is 11.2. The first-order valence-electron chi connectivity index (χ1n) is 5.33. The minimum Gasteiger partial charge on any atom is -0.391 e. The van der Waals surface area contributed by atoms with Crippen molar-refractivity contribution in [3.63, 3.8) is 0 Å². The highest BCUT2D eigenvalue weighted by Gasteiger charge is 2.48. The van der Waals surface area contributed by atoms with Crippen LogP contribution in [-0.4, -0.2) is 28.9 Å². The Kier molecular flexibility index (Phi) is 3.48. The Bertz CT molecular complexity index is 322. The van der Waals surface area contributed by atoms with Crippen LogP contribution < -0.4 is 0 Å². The minimum atomic E-state index is -4.17. The summed E-state index contributed by atoms with van der Waals surface area (Å²) in [5, 5.41) is 9.84. The van der Waals surface area contributed by atoms with Crippen LogP contribution in [-0.2, 0) is 10.1 Å². The summed E-state index contributed by atoms with van der Waals surface area (Å²) in [5.41, 5.74) is 0. The van der Waals surface area contributed by atoms with Crippen molar-refractivity contribution >= 4 is 10.1 Å². The molecule has 0 aliphatic heterocycles. The van der Waals surface area contributed by atoms with Gasteiger partial charge in [-0.3, -0.25) is 4.55 Å². The standard InChI is InChI=1S/C10H20O4S/c1-7(2)8-4-5-10(3,9(11)6-8)15(12,13)14/h7-9,11H,4-6H2,1-3H3,(H,12,13,14)/t8-,9+,10+/m1/s1. The molecule has 0 radical (unpaired) electrons. The zero-order chi connectivity index (χ0) is 11.9. The summed E-state index contributed by atoms with van der Waals surface area (Å²) in [6.45, 7) is 5.55. The highest BCUT2D eigenvalue weighted by atomic mass is 32.2. The average molecular weight is 236 g/mol. The van der Waals surface area contributed by atoms with Crippen molar-refractivity contribution < 1.29 is 18.1 Å². The molecule has 0 aromatic rings. The number of hydrogen-bond donors (Lipinski definition) is 2. The number of hydrogen-bond acceptors (Lipinski definition) is 3. The molecule has 0 aromatic heterocycles. The smallest absolute Gasteiger partial charge is 0.272 e. The van der Waals surface area contributed by atoms with Crippen LogP contribution in [0.4, 0.5) is 0 Å². The third kappa shape index (κ3) is 2.34. The predicted molar refractivity (Wildman–Crippen MR) is 58.1 cm³/mol. The van der Waals surface area contributed by atoms with Gasteiger partial charge in [-0.1, -0.05) is 13.8 Å². The number of aliphatic hydroxyl groups excluding tert-OH is 1. The zero-order valence-electron chi connectivity index (χ0n) is 9.47. The third-order valence-corrected chi connectivity index (χ3v) is 5.43. The molecule has 2 N–H and O–H groups in total. The Morgan fingerprint density at radius 1 is 1.40 bits per heavy atom. The van der Waals surface area contributed by atoms with Crippen molar-refractivity contribution in [2.75, 3.05) is 0 Å². The Hall–Kier alpha value is -0.130. The summed E-state index contributed by atoms with van der Waals surface area (Å²) >= 11 is 0. The minimum absolute atomic E-state index is 0.329. The Morgan fingerprint density at radius 3 is 2.27 bits per heavy atom. The van der Waals surface area contributed by atoms with Gasteiger partial charge in [-0.05, 0) is 38.0 Å².